The lowest BCUT2D eigenvalue weighted by Gasteiger charge is -2.37. The molecule has 0 aromatic heterocycles. The number of rotatable bonds is 3. The Hall–Kier alpha value is -1.35. The number of carbonyl (C=O) groups excluding carboxylic acids is 1. The SMILES string of the molecule is Cc1ccccc1C1(C(=O)N2CCC[C@H]([C@H](C)N)C2)CC1. The molecule has 1 saturated heterocycles. The largest absolute Gasteiger partial charge is 0.342 e. The standard InChI is InChI=1S/C18H26N2O/c1-13-6-3-4-8-16(13)18(9-10-18)17(21)20-11-5-7-15(12-20)14(2)19/h3-4,6,8,14-15H,5,7,9-12,19H2,1-2H3/t14-,15-/m0/s1. The Morgan fingerprint density at radius 2 is 2.10 bits per heavy atom. The maximum Gasteiger partial charge on any atom is 0.233 e. The molecule has 2 N–H and O–H groups in total. The van der Waals surface area contributed by atoms with E-state index in [1.807, 2.05) is 6.07 Å². The summed E-state index contributed by atoms with van der Waals surface area (Å²) in [5.74, 6) is 0.789. The molecule has 0 bridgehead atoms. The highest BCUT2D eigenvalue weighted by Gasteiger charge is 2.53. The fourth-order valence-corrected chi connectivity index (χ4v) is 3.76. The van der Waals surface area contributed by atoms with Crippen molar-refractivity contribution >= 4 is 5.91 Å². The van der Waals surface area contributed by atoms with Crippen LogP contribution in [0, 0.1) is 12.8 Å². The van der Waals surface area contributed by atoms with Gasteiger partial charge in [0.15, 0.2) is 0 Å². The summed E-state index contributed by atoms with van der Waals surface area (Å²) >= 11 is 0. The van der Waals surface area contributed by atoms with Gasteiger partial charge in [-0.05, 0) is 56.6 Å². The van der Waals surface area contributed by atoms with Crippen molar-refractivity contribution in [1.82, 2.24) is 4.90 Å². The fraction of sp³-hybridized carbons (Fsp3) is 0.611. The van der Waals surface area contributed by atoms with Crippen LogP contribution in [0.25, 0.3) is 0 Å². The summed E-state index contributed by atoms with van der Waals surface area (Å²) in [5, 5.41) is 0. The molecule has 1 heterocycles. The minimum Gasteiger partial charge on any atom is -0.342 e. The van der Waals surface area contributed by atoms with Crippen molar-refractivity contribution in [3.63, 3.8) is 0 Å². The zero-order valence-corrected chi connectivity index (χ0v) is 13.1. The Morgan fingerprint density at radius 1 is 1.38 bits per heavy atom. The van der Waals surface area contributed by atoms with Gasteiger partial charge in [0.2, 0.25) is 5.91 Å². The third kappa shape index (κ3) is 2.59. The van der Waals surface area contributed by atoms with Gasteiger partial charge in [0.1, 0.15) is 0 Å². The molecule has 0 spiro atoms. The number of nitrogens with two attached hydrogens (primary N) is 1. The van der Waals surface area contributed by atoms with Crippen LogP contribution in [0.2, 0.25) is 0 Å². The van der Waals surface area contributed by atoms with E-state index < -0.39 is 0 Å². The number of nitrogens with zero attached hydrogens (tertiary/aromatic N) is 1. The molecule has 1 aromatic carbocycles. The third-order valence-electron chi connectivity index (χ3n) is 5.31. The lowest BCUT2D eigenvalue weighted by atomic mass is 9.87. The summed E-state index contributed by atoms with van der Waals surface area (Å²) in [6.45, 7) is 5.91. The maximum atomic E-state index is 13.1. The summed E-state index contributed by atoms with van der Waals surface area (Å²) in [6, 6.07) is 8.52. The van der Waals surface area contributed by atoms with Crippen molar-refractivity contribution in [1.29, 1.82) is 0 Å². The summed E-state index contributed by atoms with van der Waals surface area (Å²) in [7, 11) is 0. The molecule has 114 valence electrons. The molecule has 2 atom stereocenters. The lowest BCUT2D eigenvalue weighted by molar-refractivity contribution is -0.136. The number of carbonyl (C=O) groups is 1. The van der Waals surface area contributed by atoms with E-state index in [9.17, 15) is 4.79 Å². The zero-order chi connectivity index (χ0) is 15.0. The van der Waals surface area contributed by atoms with E-state index in [0.717, 1.165) is 38.8 Å². The van der Waals surface area contributed by atoms with Gasteiger partial charge in [-0.2, -0.15) is 0 Å². The van der Waals surface area contributed by atoms with Crippen molar-refractivity contribution in [2.24, 2.45) is 11.7 Å². The first kappa shape index (κ1) is 14.6. The smallest absolute Gasteiger partial charge is 0.233 e. The molecule has 3 heteroatoms. The third-order valence-corrected chi connectivity index (χ3v) is 5.31. The number of amides is 1. The first-order valence-electron chi connectivity index (χ1n) is 8.16. The van der Waals surface area contributed by atoms with Crippen LogP contribution in [-0.2, 0) is 10.2 Å². The summed E-state index contributed by atoms with van der Waals surface area (Å²) in [6.07, 6.45) is 4.23. The van der Waals surface area contributed by atoms with E-state index in [0.29, 0.717) is 11.8 Å². The monoisotopic (exact) mass is 286 g/mol. The second kappa shape index (κ2) is 5.45. The van der Waals surface area contributed by atoms with Gasteiger partial charge in [-0.15, -0.1) is 0 Å². The van der Waals surface area contributed by atoms with Crippen LogP contribution in [0.5, 0.6) is 0 Å². The van der Waals surface area contributed by atoms with Crippen LogP contribution < -0.4 is 5.73 Å². The van der Waals surface area contributed by atoms with Crippen LogP contribution in [-0.4, -0.2) is 29.9 Å². The Labute approximate surface area is 127 Å². The van der Waals surface area contributed by atoms with Gasteiger partial charge in [-0.3, -0.25) is 4.79 Å². The Kier molecular flexibility index (Phi) is 3.78. The Morgan fingerprint density at radius 3 is 2.71 bits per heavy atom. The molecular formula is C18H26N2O. The molecule has 1 amide bonds. The zero-order valence-electron chi connectivity index (χ0n) is 13.1. The van der Waals surface area contributed by atoms with Gasteiger partial charge in [0, 0.05) is 19.1 Å². The Balaban J connectivity index is 1.80. The second-order valence-electron chi connectivity index (χ2n) is 6.91. The van der Waals surface area contributed by atoms with Gasteiger partial charge in [0.25, 0.3) is 0 Å². The topological polar surface area (TPSA) is 46.3 Å². The van der Waals surface area contributed by atoms with Gasteiger partial charge >= 0.3 is 0 Å². The molecular weight excluding hydrogens is 260 g/mol. The summed E-state index contributed by atoms with van der Waals surface area (Å²) in [5.41, 5.74) is 8.29. The molecule has 1 saturated carbocycles. The molecule has 0 unspecified atom stereocenters. The first-order valence-corrected chi connectivity index (χ1v) is 8.16. The van der Waals surface area contributed by atoms with Crippen LogP contribution in [0.1, 0.15) is 43.7 Å². The summed E-state index contributed by atoms with van der Waals surface area (Å²) in [4.78, 5) is 15.2. The molecule has 1 aliphatic carbocycles. The van der Waals surface area contributed by atoms with Gasteiger partial charge < -0.3 is 10.6 Å². The minimum absolute atomic E-state index is 0.175. The molecule has 1 aliphatic heterocycles. The second-order valence-corrected chi connectivity index (χ2v) is 6.91. The van der Waals surface area contributed by atoms with Gasteiger partial charge in [-0.1, -0.05) is 24.3 Å². The maximum absolute atomic E-state index is 13.1. The number of hydrogen-bond donors (Lipinski definition) is 1. The van der Waals surface area contributed by atoms with Crippen molar-refractivity contribution < 1.29 is 4.79 Å². The van der Waals surface area contributed by atoms with Crippen LogP contribution in [0.15, 0.2) is 24.3 Å². The number of likely N-dealkylation sites (tertiary alicyclic amines) is 1. The molecule has 1 aromatic rings. The molecule has 21 heavy (non-hydrogen) atoms. The fourth-order valence-electron chi connectivity index (χ4n) is 3.76. The first-order chi connectivity index (χ1) is 10.0. The van der Waals surface area contributed by atoms with Gasteiger partial charge in [-0.25, -0.2) is 0 Å². The van der Waals surface area contributed by atoms with E-state index in [1.54, 1.807) is 0 Å². The van der Waals surface area contributed by atoms with E-state index in [2.05, 4.69) is 36.9 Å². The van der Waals surface area contributed by atoms with Crippen LogP contribution in [0.4, 0.5) is 0 Å². The molecule has 0 radical (unpaired) electrons. The number of hydrogen-bond acceptors (Lipinski definition) is 2. The average molecular weight is 286 g/mol. The number of piperidine rings is 1. The van der Waals surface area contributed by atoms with Crippen LogP contribution >= 0.6 is 0 Å². The highest BCUT2D eigenvalue weighted by molar-refractivity contribution is 5.91. The van der Waals surface area contributed by atoms with Crippen molar-refractivity contribution in [3.8, 4) is 0 Å². The van der Waals surface area contributed by atoms with E-state index in [-0.39, 0.29) is 11.5 Å². The van der Waals surface area contributed by atoms with E-state index in [4.69, 9.17) is 5.73 Å². The molecule has 2 aliphatic rings. The molecule has 3 rings (SSSR count). The van der Waals surface area contributed by atoms with Crippen molar-refractivity contribution in [2.75, 3.05) is 13.1 Å². The highest BCUT2D eigenvalue weighted by atomic mass is 16.2. The van der Waals surface area contributed by atoms with E-state index >= 15 is 0 Å². The highest BCUT2D eigenvalue weighted by Crippen LogP contribution is 2.51. The normalized spacial score (nSPS) is 25.5. The van der Waals surface area contributed by atoms with Crippen LogP contribution in [0.3, 0.4) is 0 Å². The predicted molar refractivity (Wildman–Crippen MR) is 85.0 cm³/mol. The van der Waals surface area contributed by atoms with Crippen molar-refractivity contribution in [3.05, 3.63) is 35.4 Å². The van der Waals surface area contributed by atoms with Gasteiger partial charge in [0.05, 0.1) is 5.41 Å². The molecule has 2 fully saturated rings. The van der Waals surface area contributed by atoms with Crippen molar-refractivity contribution in [2.45, 2.75) is 51.0 Å². The lowest BCUT2D eigenvalue weighted by Crippen LogP contribution is -2.48. The minimum atomic E-state index is -0.231. The average Bonchev–Trinajstić information content (AvgIpc) is 3.28. The number of benzene rings is 1. The quantitative estimate of drug-likeness (QED) is 0.928. The summed E-state index contributed by atoms with van der Waals surface area (Å²) < 4.78 is 0. The molecule has 3 nitrogen and oxygen atoms in total. The number of aryl methyl sites for hydroxylation is 1. The Bertz CT molecular complexity index is 534. The van der Waals surface area contributed by atoms with E-state index in [1.165, 1.54) is 11.1 Å². The predicted octanol–water partition coefficient (Wildman–Crippen LogP) is 2.61.